The van der Waals surface area contributed by atoms with Crippen LogP contribution in [0.25, 0.3) is 0 Å². The van der Waals surface area contributed by atoms with E-state index in [2.05, 4.69) is 13.8 Å². The fourth-order valence-corrected chi connectivity index (χ4v) is 7.06. The van der Waals surface area contributed by atoms with Crippen molar-refractivity contribution in [3.63, 3.8) is 0 Å². The molecular formula is C47H91NO6. The van der Waals surface area contributed by atoms with E-state index in [1.807, 2.05) is 19.0 Å². The first-order valence-electron chi connectivity index (χ1n) is 23.6. The topological polar surface area (TPSA) is 82.1 Å². The van der Waals surface area contributed by atoms with E-state index < -0.39 is 18.0 Å². The summed E-state index contributed by atoms with van der Waals surface area (Å²) in [6, 6.07) is 0. The maximum absolute atomic E-state index is 12.9. The molecule has 7 nitrogen and oxygen atoms in total. The van der Waals surface area contributed by atoms with Crippen LogP contribution in [0.15, 0.2) is 0 Å². The van der Waals surface area contributed by atoms with E-state index in [1.54, 1.807) is 0 Å². The molecule has 54 heavy (non-hydrogen) atoms. The van der Waals surface area contributed by atoms with Gasteiger partial charge in [0.2, 0.25) is 0 Å². The zero-order chi connectivity index (χ0) is 39.6. The van der Waals surface area contributed by atoms with Gasteiger partial charge in [-0.05, 0) is 39.9 Å². The van der Waals surface area contributed by atoms with Crippen molar-refractivity contribution in [3.8, 4) is 0 Å². The Bertz CT molecular complexity index is 818. The molecule has 7 heteroatoms. The zero-order valence-electron chi connectivity index (χ0n) is 36.6. The summed E-state index contributed by atoms with van der Waals surface area (Å²) in [4.78, 5) is 39.9. The van der Waals surface area contributed by atoms with E-state index in [0.29, 0.717) is 19.6 Å². The van der Waals surface area contributed by atoms with E-state index in [1.165, 1.54) is 173 Å². The number of rotatable bonds is 43. The highest BCUT2D eigenvalue weighted by molar-refractivity contribution is 5.80. The average molecular weight is 766 g/mol. The Morgan fingerprint density at radius 1 is 0.407 bits per heavy atom. The molecule has 0 rings (SSSR count). The third kappa shape index (κ3) is 40.0. The molecule has 0 radical (unpaired) electrons. The van der Waals surface area contributed by atoms with Gasteiger partial charge < -0.3 is 19.1 Å². The molecule has 0 amide bonds. The molecule has 0 aromatic carbocycles. The van der Waals surface area contributed by atoms with Gasteiger partial charge in [0, 0.05) is 19.3 Å². The predicted octanol–water partition coefficient (Wildman–Crippen LogP) is 13.6. The second-order valence-electron chi connectivity index (χ2n) is 16.4. The van der Waals surface area contributed by atoms with Gasteiger partial charge in [0.15, 0.2) is 6.10 Å². The Kier molecular flexibility index (Phi) is 41.2. The van der Waals surface area contributed by atoms with Gasteiger partial charge in [-0.2, -0.15) is 0 Å². The van der Waals surface area contributed by atoms with Gasteiger partial charge in [0.25, 0.3) is 0 Å². The maximum atomic E-state index is 12.9. The quantitative estimate of drug-likeness (QED) is 0.0347. The van der Waals surface area contributed by atoms with Crippen molar-refractivity contribution in [2.75, 3.05) is 33.9 Å². The summed E-state index contributed by atoms with van der Waals surface area (Å²) in [6.07, 6.45) is 41.4. The van der Waals surface area contributed by atoms with Gasteiger partial charge in [-0.1, -0.05) is 206 Å². The van der Waals surface area contributed by atoms with Crippen LogP contribution in [-0.2, 0) is 28.6 Å². The number of esters is 3. The SMILES string of the molecule is CCCCCCCCCCCCCCCCCCOC(=O)CCC(OC(=O)CCCN(C)C)C(=O)OCCCCCCCCCCCCCCCCCC. The number of unbranched alkanes of at least 4 members (excludes halogenated alkanes) is 30. The van der Waals surface area contributed by atoms with Crippen molar-refractivity contribution >= 4 is 17.9 Å². The fraction of sp³-hybridized carbons (Fsp3) is 0.936. The number of hydrogen-bond acceptors (Lipinski definition) is 7. The lowest BCUT2D eigenvalue weighted by molar-refractivity contribution is -0.169. The molecule has 0 heterocycles. The predicted molar refractivity (Wildman–Crippen MR) is 228 cm³/mol. The minimum absolute atomic E-state index is 0.0304. The highest BCUT2D eigenvalue weighted by Crippen LogP contribution is 2.16. The number of hydrogen-bond donors (Lipinski definition) is 0. The van der Waals surface area contributed by atoms with Gasteiger partial charge in [0.05, 0.1) is 13.2 Å². The number of ether oxygens (including phenoxy) is 3. The Morgan fingerprint density at radius 2 is 0.741 bits per heavy atom. The van der Waals surface area contributed by atoms with Gasteiger partial charge in [-0.3, -0.25) is 9.59 Å². The second kappa shape index (κ2) is 42.5. The van der Waals surface area contributed by atoms with E-state index in [9.17, 15) is 14.4 Å². The molecule has 0 N–H and O–H groups in total. The first kappa shape index (κ1) is 52.4. The molecule has 0 aliphatic carbocycles. The minimum atomic E-state index is -1.07. The van der Waals surface area contributed by atoms with Gasteiger partial charge >= 0.3 is 17.9 Å². The summed E-state index contributed by atoms with van der Waals surface area (Å²) in [5.41, 5.74) is 0. The van der Waals surface area contributed by atoms with Crippen LogP contribution >= 0.6 is 0 Å². The highest BCUT2D eigenvalue weighted by atomic mass is 16.6. The molecule has 1 unspecified atom stereocenters. The van der Waals surface area contributed by atoms with Gasteiger partial charge in [-0.15, -0.1) is 0 Å². The molecular weight excluding hydrogens is 675 g/mol. The standard InChI is InChI=1S/C47H91NO6/c1-5-7-9-11-13-15-17-19-21-23-25-27-29-31-33-35-42-52-45(49)40-39-44(54-46(50)38-37-41-48(3)4)47(51)53-43-36-34-32-30-28-26-24-22-20-18-16-14-12-10-8-6-2/h44H,5-43H2,1-4H3. The zero-order valence-corrected chi connectivity index (χ0v) is 36.6. The summed E-state index contributed by atoms with van der Waals surface area (Å²) in [7, 11) is 3.91. The molecule has 0 aromatic heterocycles. The number of nitrogens with zero attached hydrogens (tertiary/aromatic N) is 1. The first-order valence-corrected chi connectivity index (χ1v) is 23.6. The van der Waals surface area contributed by atoms with Crippen LogP contribution < -0.4 is 0 Å². The Morgan fingerprint density at radius 3 is 1.09 bits per heavy atom. The molecule has 1 atom stereocenters. The van der Waals surface area contributed by atoms with Gasteiger partial charge in [-0.25, -0.2) is 4.79 Å². The van der Waals surface area contributed by atoms with Crippen LogP contribution in [-0.4, -0.2) is 62.8 Å². The maximum Gasteiger partial charge on any atom is 0.347 e. The van der Waals surface area contributed by atoms with Crippen molar-refractivity contribution in [1.82, 2.24) is 4.90 Å². The van der Waals surface area contributed by atoms with Crippen LogP contribution in [0, 0.1) is 0 Å². The Hall–Kier alpha value is -1.63. The first-order chi connectivity index (χ1) is 26.4. The summed E-state index contributed by atoms with van der Waals surface area (Å²) >= 11 is 0. The number of carbonyl (C=O) groups excluding carboxylic acids is 3. The molecule has 0 aliphatic rings. The molecule has 0 saturated carbocycles. The summed E-state index contributed by atoms with van der Waals surface area (Å²) in [6.45, 7) is 6.02. The molecule has 0 aromatic rings. The van der Waals surface area contributed by atoms with Crippen LogP contribution in [0.4, 0.5) is 0 Å². The Labute approximate surface area is 335 Å². The number of carbonyl (C=O) groups is 3. The summed E-state index contributed by atoms with van der Waals surface area (Å²) in [5, 5.41) is 0. The fourth-order valence-electron chi connectivity index (χ4n) is 7.06. The lowest BCUT2D eigenvalue weighted by Crippen LogP contribution is -2.30. The van der Waals surface area contributed by atoms with Crippen LogP contribution in [0.3, 0.4) is 0 Å². The van der Waals surface area contributed by atoms with Crippen LogP contribution in [0.5, 0.6) is 0 Å². The van der Waals surface area contributed by atoms with E-state index in [4.69, 9.17) is 14.2 Å². The second-order valence-corrected chi connectivity index (χ2v) is 16.4. The summed E-state index contributed by atoms with van der Waals surface area (Å²) in [5.74, 6) is -1.33. The molecule has 0 spiro atoms. The van der Waals surface area contributed by atoms with Crippen LogP contribution in [0.2, 0.25) is 0 Å². The molecule has 320 valence electrons. The molecule has 0 saturated heterocycles. The molecule has 0 bridgehead atoms. The van der Waals surface area contributed by atoms with Crippen molar-refractivity contribution in [1.29, 1.82) is 0 Å². The van der Waals surface area contributed by atoms with Gasteiger partial charge in [0.1, 0.15) is 0 Å². The summed E-state index contributed by atoms with van der Waals surface area (Å²) < 4.78 is 16.5. The van der Waals surface area contributed by atoms with E-state index in [0.717, 1.165) is 38.6 Å². The minimum Gasteiger partial charge on any atom is -0.466 e. The lowest BCUT2D eigenvalue weighted by atomic mass is 10.0. The van der Waals surface area contributed by atoms with E-state index >= 15 is 0 Å². The lowest BCUT2D eigenvalue weighted by Gasteiger charge is -2.17. The average Bonchev–Trinajstić information content (AvgIpc) is 3.15. The smallest absolute Gasteiger partial charge is 0.347 e. The molecule has 0 fully saturated rings. The van der Waals surface area contributed by atoms with Crippen molar-refractivity contribution in [2.45, 2.75) is 251 Å². The largest absolute Gasteiger partial charge is 0.466 e. The van der Waals surface area contributed by atoms with Crippen molar-refractivity contribution < 1.29 is 28.6 Å². The highest BCUT2D eigenvalue weighted by Gasteiger charge is 2.25. The third-order valence-corrected chi connectivity index (χ3v) is 10.6. The normalized spacial score (nSPS) is 11.9. The Balaban J connectivity index is 4.05. The monoisotopic (exact) mass is 766 g/mol. The van der Waals surface area contributed by atoms with Crippen molar-refractivity contribution in [3.05, 3.63) is 0 Å². The van der Waals surface area contributed by atoms with E-state index in [-0.39, 0.29) is 25.2 Å². The van der Waals surface area contributed by atoms with Crippen molar-refractivity contribution in [2.24, 2.45) is 0 Å². The third-order valence-electron chi connectivity index (χ3n) is 10.6. The van der Waals surface area contributed by atoms with Crippen LogP contribution in [0.1, 0.15) is 245 Å². The molecule has 0 aliphatic heterocycles.